The molecule has 1 aliphatic rings. The van der Waals surface area contributed by atoms with Crippen molar-refractivity contribution in [3.05, 3.63) is 72.8 Å². The van der Waals surface area contributed by atoms with Gasteiger partial charge in [-0.2, -0.15) is 0 Å². The average molecular weight is 455 g/mol. The second-order valence-electron chi connectivity index (χ2n) is 6.97. The second-order valence-corrected chi connectivity index (χ2v) is 8.94. The maximum Gasteiger partial charge on any atom is 0.264 e. The lowest BCUT2D eigenvalue weighted by molar-refractivity contribution is -0.118. The zero-order valence-electron chi connectivity index (χ0n) is 17.4. The fraction of sp³-hybridized carbons (Fsp3) is 0.174. The molecule has 0 aromatic heterocycles. The number of ether oxygens (including phenoxy) is 3. The molecule has 1 amide bonds. The van der Waals surface area contributed by atoms with Crippen molar-refractivity contribution in [3.63, 3.8) is 0 Å². The topological polar surface area (TPSA) is 94.2 Å². The molecule has 0 radical (unpaired) electrons. The van der Waals surface area contributed by atoms with Crippen LogP contribution in [0.1, 0.15) is 0 Å². The van der Waals surface area contributed by atoms with Crippen LogP contribution in [-0.2, 0) is 14.8 Å². The summed E-state index contributed by atoms with van der Waals surface area (Å²) in [6.45, 7) is 0.761. The van der Waals surface area contributed by atoms with E-state index in [0.717, 1.165) is 0 Å². The van der Waals surface area contributed by atoms with Crippen LogP contribution in [0.4, 0.5) is 11.4 Å². The number of hydrogen-bond donors (Lipinski definition) is 1. The minimum Gasteiger partial charge on any atom is -0.486 e. The molecule has 9 heteroatoms. The van der Waals surface area contributed by atoms with E-state index < -0.39 is 10.0 Å². The average Bonchev–Trinajstić information content (AvgIpc) is 2.83. The molecule has 3 aromatic rings. The van der Waals surface area contributed by atoms with E-state index in [-0.39, 0.29) is 17.4 Å². The summed E-state index contributed by atoms with van der Waals surface area (Å²) in [7, 11) is -2.18. The number of nitrogens with one attached hydrogen (secondary N) is 1. The molecule has 32 heavy (non-hydrogen) atoms. The number of benzene rings is 3. The van der Waals surface area contributed by atoms with Gasteiger partial charge >= 0.3 is 0 Å². The molecule has 0 bridgehead atoms. The molecule has 0 saturated carbocycles. The van der Waals surface area contributed by atoms with Crippen LogP contribution in [-0.4, -0.2) is 41.2 Å². The van der Waals surface area contributed by atoms with E-state index in [1.165, 1.54) is 11.4 Å². The van der Waals surface area contributed by atoms with Gasteiger partial charge in [0.2, 0.25) is 0 Å². The Bertz CT molecular complexity index is 1200. The van der Waals surface area contributed by atoms with Gasteiger partial charge in [-0.1, -0.05) is 18.2 Å². The van der Waals surface area contributed by atoms with Gasteiger partial charge in [0, 0.05) is 18.8 Å². The molecule has 166 valence electrons. The van der Waals surface area contributed by atoms with Crippen LogP contribution in [0.5, 0.6) is 17.2 Å². The van der Waals surface area contributed by atoms with E-state index in [9.17, 15) is 13.2 Å². The highest BCUT2D eigenvalue weighted by molar-refractivity contribution is 7.92. The largest absolute Gasteiger partial charge is 0.486 e. The third-order valence-electron chi connectivity index (χ3n) is 4.80. The minimum atomic E-state index is -3.66. The van der Waals surface area contributed by atoms with Gasteiger partial charge in [-0.3, -0.25) is 9.10 Å². The number of anilines is 2. The van der Waals surface area contributed by atoms with Crippen molar-refractivity contribution in [1.82, 2.24) is 0 Å². The number of carbonyl (C=O) groups excluding carboxylic acids is 1. The quantitative estimate of drug-likeness (QED) is 0.589. The Morgan fingerprint density at radius 3 is 2.38 bits per heavy atom. The Morgan fingerprint density at radius 1 is 0.969 bits per heavy atom. The van der Waals surface area contributed by atoms with Crippen molar-refractivity contribution >= 4 is 27.3 Å². The summed E-state index contributed by atoms with van der Waals surface area (Å²) in [4.78, 5) is 12.4. The zero-order valence-corrected chi connectivity index (χ0v) is 18.2. The summed E-state index contributed by atoms with van der Waals surface area (Å²) in [5.41, 5.74) is 1.05. The van der Waals surface area contributed by atoms with Crippen molar-refractivity contribution < 1.29 is 27.4 Å². The summed E-state index contributed by atoms with van der Waals surface area (Å²) in [5.74, 6) is 1.33. The number of sulfonamides is 1. The Morgan fingerprint density at radius 2 is 1.66 bits per heavy atom. The smallest absolute Gasteiger partial charge is 0.264 e. The highest BCUT2D eigenvalue weighted by Gasteiger charge is 2.21. The van der Waals surface area contributed by atoms with Crippen molar-refractivity contribution in [3.8, 4) is 17.2 Å². The first-order valence-corrected chi connectivity index (χ1v) is 11.3. The van der Waals surface area contributed by atoms with Crippen LogP contribution in [0.2, 0.25) is 0 Å². The van der Waals surface area contributed by atoms with E-state index in [0.29, 0.717) is 41.8 Å². The SMILES string of the molecule is CN(c1ccc(OCC(=O)Nc2ccc3c(c2)OCCO3)cc1)S(=O)(=O)c1ccccc1. The number of carbonyl (C=O) groups is 1. The van der Waals surface area contributed by atoms with Crippen LogP contribution in [0.3, 0.4) is 0 Å². The second kappa shape index (κ2) is 9.19. The van der Waals surface area contributed by atoms with E-state index in [1.54, 1.807) is 72.8 Å². The first-order chi connectivity index (χ1) is 15.4. The molecule has 0 fully saturated rings. The molecule has 8 nitrogen and oxygen atoms in total. The number of nitrogens with zero attached hydrogens (tertiary/aromatic N) is 1. The molecule has 0 spiro atoms. The highest BCUT2D eigenvalue weighted by Crippen LogP contribution is 2.32. The predicted molar refractivity (Wildman–Crippen MR) is 120 cm³/mol. The van der Waals surface area contributed by atoms with Gasteiger partial charge in [0.05, 0.1) is 10.6 Å². The Labute approximate surface area is 186 Å². The molecule has 0 atom stereocenters. The van der Waals surface area contributed by atoms with Crippen molar-refractivity contribution in [2.75, 3.05) is 36.5 Å². The lowest BCUT2D eigenvalue weighted by Crippen LogP contribution is -2.26. The van der Waals surface area contributed by atoms with E-state index in [2.05, 4.69) is 5.32 Å². The fourth-order valence-corrected chi connectivity index (χ4v) is 4.33. The Kier molecular flexibility index (Phi) is 6.18. The molecule has 1 aliphatic heterocycles. The molecule has 0 saturated heterocycles. The zero-order chi connectivity index (χ0) is 22.6. The lowest BCUT2D eigenvalue weighted by Gasteiger charge is -2.20. The summed E-state index contributed by atoms with van der Waals surface area (Å²) in [6.07, 6.45) is 0. The van der Waals surface area contributed by atoms with Gasteiger partial charge in [-0.15, -0.1) is 0 Å². The summed E-state index contributed by atoms with van der Waals surface area (Å²) in [6, 6.07) is 19.8. The normalized spacial score (nSPS) is 12.7. The van der Waals surface area contributed by atoms with Gasteiger partial charge in [0.15, 0.2) is 18.1 Å². The molecule has 3 aromatic carbocycles. The monoisotopic (exact) mass is 454 g/mol. The molecule has 4 rings (SSSR count). The van der Waals surface area contributed by atoms with E-state index in [4.69, 9.17) is 14.2 Å². The first kappa shape index (κ1) is 21.5. The van der Waals surface area contributed by atoms with Gasteiger partial charge in [-0.25, -0.2) is 8.42 Å². The third kappa shape index (κ3) is 4.78. The molecule has 0 aliphatic carbocycles. The van der Waals surface area contributed by atoms with Crippen molar-refractivity contribution in [2.24, 2.45) is 0 Å². The maximum absolute atomic E-state index is 12.7. The number of amides is 1. The standard InChI is InChI=1S/C23H22N2O6S/c1-25(32(27,28)20-5-3-2-4-6-20)18-8-10-19(11-9-18)31-16-23(26)24-17-7-12-21-22(15-17)30-14-13-29-21/h2-12,15H,13-14,16H2,1H3,(H,24,26). The summed E-state index contributed by atoms with van der Waals surface area (Å²) < 4.78 is 43.1. The molecular weight excluding hydrogens is 432 g/mol. The highest BCUT2D eigenvalue weighted by atomic mass is 32.2. The summed E-state index contributed by atoms with van der Waals surface area (Å²) >= 11 is 0. The van der Waals surface area contributed by atoms with Crippen LogP contribution in [0, 0.1) is 0 Å². The van der Waals surface area contributed by atoms with Crippen LogP contribution >= 0.6 is 0 Å². The Hall–Kier alpha value is -3.72. The van der Waals surface area contributed by atoms with Crippen LogP contribution < -0.4 is 23.8 Å². The van der Waals surface area contributed by atoms with Gasteiger partial charge in [0.1, 0.15) is 19.0 Å². The molecule has 1 N–H and O–H groups in total. The lowest BCUT2D eigenvalue weighted by atomic mass is 10.2. The third-order valence-corrected chi connectivity index (χ3v) is 6.60. The molecule has 0 unspecified atom stereocenters. The van der Waals surface area contributed by atoms with Crippen LogP contribution in [0.15, 0.2) is 77.7 Å². The molecule has 1 heterocycles. The van der Waals surface area contributed by atoms with E-state index in [1.807, 2.05) is 0 Å². The fourth-order valence-electron chi connectivity index (χ4n) is 3.11. The van der Waals surface area contributed by atoms with Gasteiger partial charge in [0.25, 0.3) is 15.9 Å². The van der Waals surface area contributed by atoms with Gasteiger partial charge in [-0.05, 0) is 48.5 Å². The first-order valence-electron chi connectivity index (χ1n) is 9.90. The predicted octanol–water partition coefficient (Wildman–Crippen LogP) is 3.30. The Balaban J connectivity index is 1.34. The minimum absolute atomic E-state index is 0.202. The maximum atomic E-state index is 12.7. The van der Waals surface area contributed by atoms with Crippen LogP contribution in [0.25, 0.3) is 0 Å². The number of hydrogen-bond acceptors (Lipinski definition) is 6. The number of fused-ring (bicyclic) bond motifs is 1. The molecular formula is C23H22N2O6S. The van der Waals surface area contributed by atoms with Crippen molar-refractivity contribution in [1.29, 1.82) is 0 Å². The van der Waals surface area contributed by atoms with Crippen molar-refractivity contribution in [2.45, 2.75) is 4.90 Å². The summed E-state index contributed by atoms with van der Waals surface area (Å²) in [5, 5.41) is 2.74. The number of rotatable bonds is 7. The van der Waals surface area contributed by atoms with E-state index >= 15 is 0 Å². The van der Waals surface area contributed by atoms with Gasteiger partial charge < -0.3 is 19.5 Å².